The SMILES string of the molecule is CC(C)(C)CC(CO)NC(=O)c1n[nH]c2c1CCCC2. The number of H-pyrrole nitrogens is 1. The molecule has 5 nitrogen and oxygen atoms in total. The van der Waals surface area contributed by atoms with Crippen molar-refractivity contribution in [2.75, 3.05) is 6.61 Å². The molecule has 0 aliphatic heterocycles. The van der Waals surface area contributed by atoms with Crippen molar-refractivity contribution in [1.29, 1.82) is 0 Å². The third-order valence-electron chi connectivity index (χ3n) is 3.69. The molecule has 0 saturated heterocycles. The van der Waals surface area contributed by atoms with Crippen molar-refractivity contribution in [1.82, 2.24) is 15.5 Å². The maximum Gasteiger partial charge on any atom is 0.272 e. The zero-order valence-electron chi connectivity index (χ0n) is 12.6. The molecule has 1 aliphatic rings. The Balaban J connectivity index is 2.06. The van der Waals surface area contributed by atoms with Crippen LogP contribution in [-0.4, -0.2) is 33.9 Å². The highest BCUT2D eigenvalue weighted by molar-refractivity contribution is 5.94. The molecule has 0 fully saturated rings. The second-order valence-electron chi connectivity index (χ2n) is 6.85. The number of hydrogen-bond donors (Lipinski definition) is 3. The molecule has 1 heterocycles. The van der Waals surface area contributed by atoms with Crippen LogP contribution in [0, 0.1) is 5.41 Å². The van der Waals surface area contributed by atoms with Crippen molar-refractivity contribution in [3.63, 3.8) is 0 Å². The molecule has 3 N–H and O–H groups in total. The van der Waals surface area contributed by atoms with Crippen LogP contribution in [-0.2, 0) is 12.8 Å². The molecule has 20 heavy (non-hydrogen) atoms. The van der Waals surface area contributed by atoms with Crippen LogP contribution >= 0.6 is 0 Å². The highest BCUT2D eigenvalue weighted by Crippen LogP contribution is 2.23. The molecule has 1 atom stereocenters. The number of carbonyl (C=O) groups excluding carboxylic acids is 1. The molecule has 1 aliphatic carbocycles. The maximum absolute atomic E-state index is 12.3. The summed E-state index contributed by atoms with van der Waals surface area (Å²) >= 11 is 0. The lowest BCUT2D eigenvalue weighted by atomic mass is 9.88. The molecular formula is C15H25N3O2. The lowest BCUT2D eigenvalue weighted by molar-refractivity contribution is 0.0891. The smallest absolute Gasteiger partial charge is 0.272 e. The summed E-state index contributed by atoms with van der Waals surface area (Å²) in [5, 5.41) is 19.5. The van der Waals surface area contributed by atoms with Crippen molar-refractivity contribution >= 4 is 5.91 Å². The minimum atomic E-state index is -0.224. The lowest BCUT2D eigenvalue weighted by Gasteiger charge is -2.25. The first-order chi connectivity index (χ1) is 9.40. The highest BCUT2D eigenvalue weighted by Gasteiger charge is 2.25. The monoisotopic (exact) mass is 279 g/mol. The lowest BCUT2D eigenvalue weighted by Crippen LogP contribution is -2.40. The number of hydrogen-bond acceptors (Lipinski definition) is 3. The average molecular weight is 279 g/mol. The summed E-state index contributed by atoms with van der Waals surface area (Å²) in [5.41, 5.74) is 2.72. The minimum Gasteiger partial charge on any atom is -0.394 e. The molecule has 0 aromatic carbocycles. The molecule has 0 saturated carbocycles. The van der Waals surface area contributed by atoms with Crippen LogP contribution in [0.25, 0.3) is 0 Å². The van der Waals surface area contributed by atoms with Crippen LogP contribution in [0.5, 0.6) is 0 Å². The van der Waals surface area contributed by atoms with Crippen LogP contribution in [0.2, 0.25) is 0 Å². The van der Waals surface area contributed by atoms with Gasteiger partial charge >= 0.3 is 0 Å². The molecule has 5 heteroatoms. The van der Waals surface area contributed by atoms with Crippen molar-refractivity contribution in [2.24, 2.45) is 5.41 Å². The zero-order valence-corrected chi connectivity index (χ0v) is 12.6. The summed E-state index contributed by atoms with van der Waals surface area (Å²) < 4.78 is 0. The summed E-state index contributed by atoms with van der Waals surface area (Å²) in [5.74, 6) is -0.173. The number of aromatic amines is 1. The Kier molecular flexibility index (Phi) is 4.48. The molecular weight excluding hydrogens is 254 g/mol. The number of aromatic nitrogens is 2. The van der Waals surface area contributed by atoms with E-state index in [2.05, 4.69) is 36.3 Å². The summed E-state index contributed by atoms with van der Waals surface area (Å²) in [6.45, 7) is 6.24. The van der Waals surface area contributed by atoms with Gasteiger partial charge in [0.2, 0.25) is 0 Å². The Labute approximate surface area is 120 Å². The topological polar surface area (TPSA) is 78.0 Å². The normalized spacial score (nSPS) is 16.6. The van der Waals surface area contributed by atoms with E-state index in [0.29, 0.717) is 5.69 Å². The quantitative estimate of drug-likeness (QED) is 0.786. The van der Waals surface area contributed by atoms with Gasteiger partial charge in [0.1, 0.15) is 0 Å². The Morgan fingerprint density at radius 1 is 1.40 bits per heavy atom. The van der Waals surface area contributed by atoms with Gasteiger partial charge in [-0.1, -0.05) is 20.8 Å². The summed E-state index contributed by atoms with van der Waals surface area (Å²) in [4.78, 5) is 12.3. The zero-order chi connectivity index (χ0) is 14.8. The molecule has 0 bridgehead atoms. The number of aryl methyl sites for hydroxylation is 1. The van der Waals surface area contributed by atoms with E-state index in [9.17, 15) is 9.90 Å². The van der Waals surface area contributed by atoms with Crippen LogP contribution in [0.4, 0.5) is 0 Å². The van der Waals surface area contributed by atoms with E-state index in [1.165, 1.54) is 0 Å². The molecule has 2 rings (SSSR count). The van der Waals surface area contributed by atoms with Crippen molar-refractivity contribution in [2.45, 2.75) is 58.9 Å². The fraction of sp³-hybridized carbons (Fsp3) is 0.733. The summed E-state index contributed by atoms with van der Waals surface area (Å²) in [6.07, 6.45) is 4.89. The predicted molar refractivity (Wildman–Crippen MR) is 77.6 cm³/mol. The molecule has 112 valence electrons. The third kappa shape index (κ3) is 3.60. The maximum atomic E-state index is 12.3. The van der Waals surface area contributed by atoms with Crippen LogP contribution < -0.4 is 5.32 Å². The fourth-order valence-electron chi connectivity index (χ4n) is 2.82. The van der Waals surface area contributed by atoms with Crippen LogP contribution in [0.3, 0.4) is 0 Å². The molecule has 1 aromatic heterocycles. The second-order valence-corrected chi connectivity index (χ2v) is 6.85. The largest absolute Gasteiger partial charge is 0.394 e. The van der Waals surface area contributed by atoms with Gasteiger partial charge in [0, 0.05) is 11.3 Å². The Morgan fingerprint density at radius 2 is 2.10 bits per heavy atom. The highest BCUT2D eigenvalue weighted by atomic mass is 16.3. The predicted octanol–water partition coefficient (Wildman–Crippen LogP) is 1.82. The van der Waals surface area contributed by atoms with Gasteiger partial charge in [0.15, 0.2) is 5.69 Å². The first kappa shape index (κ1) is 15.0. The second kappa shape index (κ2) is 5.95. The number of amides is 1. The number of aliphatic hydroxyl groups is 1. The van der Waals surface area contributed by atoms with Crippen molar-refractivity contribution < 1.29 is 9.90 Å². The van der Waals surface area contributed by atoms with Crippen LogP contribution in [0.15, 0.2) is 0 Å². The minimum absolute atomic E-state index is 0.0460. The molecule has 1 aromatic rings. The van der Waals surface area contributed by atoms with Crippen LogP contribution in [0.1, 0.15) is 61.8 Å². The summed E-state index contributed by atoms with van der Waals surface area (Å²) in [6, 6.07) is -0.224. The fourth-order valence-corrected chi connectivity index (χ4v) is 2.82. The number of carbonyl (C=O) groups is 1. The molecule has 0 spiro atoms. The van der Waals surface area contributed by atoms with E-state index in [1.807, 2.05) is 0 Å². The van der Waals surface area contributed by atoms with E-state index in [-0.39, 0.29) is 24.0 Å². The number of fused-ring (bicyclic) bond motifs is 1. The molecule has 0 radical (unpaired) electrons. The van der Waals surface area contributed by atoms with Crippen molar-refractivity contribution in [3.8, 4) is 0 Å². The standard InChI is InChI=1S/C15H25N3O2/c1-15(2,3)8-10(9-19)16-14(20)13-11-6-4-5-7-12(11)17-18-13/h10,19H,4-9H2,1-3H3,(H,16,20)(H,17,18). The molecule has 1 amide bonds. The third-order valence-corrected chi connectivity index (χ3v) is 3.69. The first-order valence-corrected chi connectivity index (χ1v) is 7.38. The number of nitrogens with one attached hydrogen (secondary N) is 2. The average Bonchev–Trinajstić information content (AvgIpc) is 2.80. The van der Waals surface area contributed by atoms with E-state index < -0.39 is 0 Å². The Hall–Kier alpha value is -1.36. The van der Waals surface area contributed by atoms with Gasteiger partial charge in [-0.25, -0.2) is 0 Å². The van der Waals surface area contributed by atoms with Gasteiger partial charge in [-0.3, -0.25) is 9.89 Å². The molecule has 1 unspecified atom stereocenters. The van der Waals surface area contributed by atoms with E-state index in [4.69, 9.17) is 0 Å². The van der Waals surface area contributed by atoms with E-state index in [0.717, 1.165) is 43.4 Å². The van der Waals surface area contributed by atoms with Gasteiger partial charge in [-0.2, -0.15) is 5.10 Å². The van der Waals surface area contributed by atoms with Gasteiger partial charge in [-0.15, -0.1) is 0 Å². The van der Waals surface area contributed by atoms with Gasteiger partial charge < -0.3 is 10.4 Å². The number of nitrogens with zero attached hydrogens (tertiary/aromatic N) is 1. The first-order valence-electron chi connectivity index (χ1n) is 7.38. The van der Waals surface area contributed by atoms with E-state index in [1.54, 1.807) is 0 Å². The van der Waals surface area contributed by atoms with E-state index >= 15 is 0 Å². The Bertz CT molecular complexity index is 474. The summed E-state index contributed by atoms with van der Waals surface area (Å²) in [7, 11) is 0. The van der Waals surface area contributed by atoms with Gasteiger partial charge in [-0.05, 0) is 37.5 Å². The number of aliphatic hydroxyl groups excluding tert-OH is 1. The number of rotatable bonds is 4. The van der Waals surface area contributed by atoms with Gasteiger partial charge in [0.25, 0.3) is 5.91 Å². The van der Waals surface area contributed by atoms with Gasteiger partial charge in [0.05, 0.1) is 12.6 Å². The van der Waals surface area contributed by atoms with Crippen molar-refractivity contribution in [3.05, 3.63) is 17.0 Å². The Morgan fingerprint density at radius 3 is 2.75 bits per heavy atom.